The molecule has 2 aliphatic carbocycles. The van der Waals surface area contributed by atoms with Crippen molar-refractivity contribution >= 4 is 17.2 Å². The molecule has 1 aromatic heterocycles. The lowest BCUT2D eigenvalue weighted by atomic mass is 9.85. The highest BCUT2D eigenvalue weighted by Gasteiger charge is 2.47. The first-order valence-electron chi connectivity index (χ1n) is 7.51. The van der Waals surface area contributed by atoms with Gasteiger partial charge in [0.1, 0.15) is 0 Å². The molecule has 2 fully saturated rings. The van der Waals surface area contributed by atoms with Crippen LogP contribution in [0.4, 0.5) is 0 Å². The molecule has 4 atom stereocenters. The lowest BCUT2D eigenvalue weighted by molar-refractivity contribution is -0.124. The van der Waals surface area contributed by atoms with E-state index in [1.54, 1.807) is 11.3 Å². The number of carbonyl (C=O) groups is 1. The molecule has 0 radical (unpaired) electrons. The molecule has 2 saturated carbocycles. The second-order valence-electron chi connectivity index (χ2n) is 6.66. The minimum absolute atomic E-state index is 0.125. The van der Waals surface area contributed by atoms with Gasteiger partial charge in [-0.3, -0.25) is 4.79 Å². The first kappa shape index (κ1) is 14.1. The summed E-state index contributed by atoms with van der Waals surface area (Å²) < 4.78 is 0. The van der Waals surface area contributed by atoms with E-state index < -0.39 is 0 Å². The number of thiophene rings is 1. The van der Waals surface area contributed by atoms with E-state index in [1.807, 2.05) is 0 Å². The Balaban J connectivity index is 1.59. The summed E-state index contributed by atoms with van der Waals surface area (Å²) in [6, 6.07) is 4.43. The van der Waals surface area contributed by atoms with Crippen molar-refractivity contribution in [1.82, 2.24) is 5.32 Å². The van der Waals surface area contributed by atoms with Crippen LogP contribution in [0.2, 0.25) is 0 Å². The van der Waals surface area contributed by atoms with E-state index in [1.165, 1.54) is 9.75 Å². The minimum Gasteiger partial charge on any atom is -0.396 e. The molecule has 3 rings (SSSR count). The molecule has 4 heteroatoms. The topological polar surface area (TPSA) is 49.3 Å². The molecule has 110 valence electrons. The molecule has 0 aromatic carbocycles. The average molecular weight is 293 g/mol. The van der Waals surface area contributed by atoms with Crippen LogP contribution in [0.5, 0.6) is 0 Å². The molecule has 2 aliphatic rings. The van der Waals surface area contributed by atoms with Crippen LogP contribution in [0.3, 0.4) is 0 Å². The Morgan fingerprint density at radius 1 is 1.55 bits per heavy atom. The third kappa shape index (κ3) is 2.51. The molecule has 1 heterocycles. The predicted octanol–water partition coefficient (Wildman–Crippen LogP) is 2.83. The van der Waals surface area contributed by atoms with Gasteiger partial charge in [0, 0.05) is 33.0 Å². The SMILES string of the molecule is Cc1ccc(C2CC2C(=O)NC2CCCC2(C)CO)s1. The van der Waals surface area contributed by atoms with Crippen LogP contribution in [-0.4, -0.2) is 23.7 Å². The number of aliphatic hydroxyl groups is 1. The van der Waals surface area contributed by atoms with Crippen LogP contribution < -0.4 is 5.32 Å². The molecule has 4 unspecified atom stereocenters. The number of aryl methyl sites for hydroxylation is 1. The van der Waals surface area contributed by atoms with Gasteiger partial charge in [0.2, 0.25) is 5.91 Å². The maximum absolute atomic E-state index is 12.4. The van der Waals surface area contributed by atoms with Gasteiger partial charge in [-0.2, -0.15) is 0 Å². The molecule has 0 aliphatic heterocycles. The third-order valence-corrected chi connectivity index (χ3v) is 6.15. The highest BCUT2D eigenvalue weighted by molar-refractivity contribution is 7.12. The van der Waals surface area contributed by atoms with Crippen molar-refractivity contribution < 1.29 is 9.90 Å². The summed E-state index contributed by atoms with van der Waals surface area (Å²) in [7, 11) is 0. The Bertz CT molecular complexity index is 512. The number of hydrogen-bond acceptors (Lipinski definition) is 3. The number of amides is 1. The molecule has 1 amide bonds. The van der Waals surface area contributed by atoms with E-state index >= 15 is 0 Å². The number of carbonyl (C=O) groups excluding carboxylic acids is 1. The van der Waals surface area contributed by atoms with E-state index in [0.717, 1.165) is 25.7 Å². The fourth-order valence-corrected chi connectivity index (χ4v) is 4.45. The number of rotatable bonds is 4. The van der Waals surface area contributed by atoms with Gasteiger partial charge in [0.15, 0.2) is 0 Å². The quantitative estimate of drug-likeness (QED) is 0.897. The summed E-state index contributed by atoms with van der Waals surface area (Å²) >= 11 is 1.81. The Morgan fingerprint density at radius 3 is 3.00 bits per heavy atom. The van der Waals surface area contributed by atoms with Crippen molar-refractivity contribution in [3.8, 4) is 0 Å². The maximum Gasteiger partial charge on any atom is 0.224 e. The second kappa shape index (κ2) is 5.15. The number of hydrogen-bond donors (Lipinski definition) is 2. The molecular formula is C16H23NO2S. The Labute approximate surface area is 124 Å². The predicted molar refractivity (Wildman–Crippen MR) is 80.9 cm³/mol. The zero-order valence-corrected chi connectivity index (χ0v) is 13.0. The van der Waals surface area contributed by atoms with E-state index in [0.29, 0.717) is 5.92 Å². The number of nitrogens with one attached hydrogen (secondary N) is 1. The summed E-state index contributed by atoms with van der Waals surface area (Å²) in [6.07, 6.45) is 4.08. The zero-order chi connectivity index (χ0) is 14.3. The summed E-state index contributed by atoms with van der Waals surface area (Å²) in [5, 5.41) is 12.7. The molecule has 3 nitrogen and oxygen atoms in total. The van der Waals surface area contributed by atoms with Gasteiger partial charge in [-0.1, -0.05) is 13.3 Å². The summed E-state index contributed by atoms with van der Waals surface area (Å²) in [6.45, 7) is 4.35. The first-order valence-corrected chi connectivity index (χ1v) is 8.33. The summed E-state index contributed by atoms with van der Waals surface area (Å²) in [5.41, 5.74) is -0.125. The Kier molecular flexibility index (Phi) is 3.63. The zero-order valence-electron chi connectivity index (χ0n) is 12.2. The summed E-state index contributed by atoms with van der Waals surface area (Å²) in [5.74, 6) is 0.764. The van der Waals surface area contributed by atoms with E-state index in [4.69, 9.17) is 0 Å². The average Bonchev–Trinajstić information content (AvgIpc) is 2.99. The van der Waals surface area contributed by atoms with E-state index in [-0.39, 0.29) is 29.9 Å². The summed E-state index contributed by atoms with van der Waals surface area (Å²) in [4.78, 5) is 15.0. The molecule has 0 spiro atoms. The van der Waals surface area contributed by atoms with Crippen molar-refractivity contribution in [3.05, 3.63) is 21.9 Å². The smallest absolute Gasteiger partial charge is 0.224 e. The fraction of sp³-hybridized carbons (Fsp3) is 0.688. The molecule has 0 saturated heterocycles. The van der Waals surface area contributed by atoms with Crippen LogP contribution >= 0.6 is 11.3 Å². The molecule has 0 bridgehead atoms. The van der Waals surface area contributed by atoms with Gasteiger partial charge in [-0.05, 0) is 38.3 Å². The molecular weight excluding hydrogens is 270 g/mol. The van der Waals surface area contributed by atoms with Gasteiger partial charge in [-0.25, -0.2) is 0 Å². The molecule has 20 heavy (non-hydrogen) atoms. The largest absolute Gasteiger partial charge is 0.396 e. The lowest BCUT2D eigenvalue weighted by Gasteiger charge is -2.30. The van der Waals surface area contributed by atoms with Crippen LogP contribution in [0.15, 0.2) is 12.1 Å². The highest BCUT2D eigenvalue weighted by Crippen LogP contribution is 2.50. The van der Waals surface area contributed by atoms with Crippen LogP contribution in [0.25, 0.3) is 0 Å². The Hall–Kier alpha value is -0.870. The Morgan fingerprint density at radius 2 is 2.35 bits per heavy atom. The monoisotopic (exact) mass is 293 g/mol. The highest BCUT2D eigenvalue weighted by atomic mass is 32.1. The van der Waals surface area contributed by atoms with E-state index in [2.05, 4.69) is 31.3 Å². The van der Waals surface area contributed by atoms with Crippen molar-refractivity contribution in [1.29, 1.82) is 0 Å². The first-order chi connectivity index (χ1) is 9.53. The van der Waals surface area contributed by atoms with Crippen LogP contribution in [-0.2, 0) is 4.79 Å². The van der Waals surface area contributed by atoms with Crippen molar-refractivity contribution in [3.63, 3.8) is 0 Å². The van der Waals surface area contributed by atoms with E-state index in [9.17, 15) is 9.90 Å². The lowest BCUT2D eigenvalue weighted by Crippen LogP contribution is -2.45. The van der Waals surface area contributed by atoms with Gasteiger partial charge in [0.25, 0.3) is 0 Å². The molecule has 1 aromatic rings. The van der Waals surface area contributed by atoms with Crippen molar-refractivity contribution in [2.45, 2.75) is 51.5 Å². The molecule has 2 N–H and O–H groups in total. The normalized spacial score (nSPS) is 36.0. The van der Waals surface area contributed by atoms with Gasteiger partial charge < -0.3 is 10.4 Å². The van der Waals surface area contributed by atoms with Crippen LogP contribution in [0.1, 0.15) is 48.3 Å². The third-order valence-electron chi connectivity index (χ3n) is 5.01. The second-order valence-corrected chi connectivity index (χ2v) is 7.98. The van der Waals surface area contributed by atoms with Crippen molar-refractivity contribution in [2.24, 2.45) is 11.3 Å². The van der Waals surface area contributed by atoms with Gasteiger partial charge in [0.05, 0.1) is 6.61 Å². The van der Waals surface area contributed by atoms with Crippen molar-refractivity contribution in [2.75, 3.05) is 6.61 Å². The minimum atomic E-state index is -0.125. The van der Waals surface area contributed by atoms with Crippen LogP contribution in [0, 0.1) is 18.3 Å². The standard InChI is InChI=1S/C16H23NO2S/c1-10-5-6-13(20-10)11-8-12(11)15(19)17-14-4-3-7-16(14,2)9-18/h5-6,11-12,14,18H,3-4,7-9H2,1-2H3,(H,17,19). The number of aliphatic hydroxyl groups excluding tert-OH is 1. The fourth-order valence-electron chi connectivity index (χ4n) is 3.40. The van der Waals surface area contributed by atoms with Gasteiger partial charge >= 0.3 is 0 Å². The van der Waals surface area contributed by atoms with Gasteiger partial charge in [-0.15, -0.1) is 11.3 Å². The maximum atomic E-state index is 12.4.